The van der Waals surface area contributed by atoms with Crippen LogP contribution in [-0.2, 0) is 16.6 Å². The summed E-state index contributed by atoms with van der Waals surface area (Å²) in [4.78, 5) is 12.4. The number of rotatable bonds is 4. The van der Waals surface area contributed by atoms with Crippen LogP contribution >= 0.6 is 34.8 Å². The number of alkyl halides is 3. The summed E-state index contributed by atoms with van der Waals surface area (Å²) in [6, 6.07) is 0. The van der Waals surface area contributed by atoms with Crippen LogP contribution in [0.15, 0.2) is 0 Å². The molecule has 0 aromatic carbocycles. The Morgan fingerprint density at radius 1 is 1.62 bits per heavy atom. The zero-order valence-corrected chi connectivity index (χ0v) is 10.8. The average Bonchev–Trinajstić information content (AvgIpc) is 2.63. The third-order valence-electron chi connectivity index (χ3n) is 1.72. The maximum atomic E-state index is 11.2. The van der Waals surface area contributed by atoms with Gasteiger partial charge in [-0.3, -0.25) is 0 Å². The fourth-order valence-electron chi connectivity index (χ4n) is 0.973. The maximum absolute atomic E-state index is 11.2. The number of tetrazole rings is 1. The number of aryl methyl sites for hydroxylation is 1. The monoisotopic (exact) mass is 286 g/mol. The van der Waals surface area contributed by atoms with Crippen LogP contribution in [0.5, 0.6) is 0 Å². The lowest BCUT2D eigenvalue weighted by Gasteiger charge is -2.17. The van der Waals surface area contributed by atoms with Crippen LogP contribution in [0.4, 0.5) is 0 Å². The van der Waals surface area contributed by atoms with Crippen molar-refractivity contribution in [2.24, 2.45) is 7.05 Å². The van der Waals surface area contributed by atoms with Gasteiger partial charge in [-0.1, -0.05) is 23.2 Å². The maximum Gasteiger partial charge on any atom is 0.342 e. The van der Waals surface area contributed by atoms with Crippen LogP contribution in [0.3, 0.4) is 0 Å². The first-order valence-corrected chi connectivity index (χ1v) is 5.40. The zero-order chi connectivity index (χ0) is 12.3. The van der Waals surface area contributed by atoms with Gasteiger partial charge in [0.25, 0.3) is 0 Å². The van der Waals surface area contributed by atoms with Crippen LogP contribution in [0.2, 0.25) is 0 Å². The predicted octanol–water partition coefficient (Wildman–Crippen LogP) is 1.23. The fraction of sp³-hybridized carbons (Fsp3) is 0.714. The van der Waals surface area contributed by atoms with Crippen molar-refractivity contribution in [3.05, 3.63) is 5.82 Å². The summed E-state index contributed by atoms with van der Waals surface area (Å²) in [5.74, 6) is -0.524. The molecule has 0 unspecified atom stereocenters. The molecular weight excluding hydrogens is 278 g/mol. The molecule has 1 rings (SSSR count). The van der Waals surface area contributed by atoms with Gasteiger partial charge < -0.3 is 4.74 Å². The number of nitrogens with zero attached hydrogens (tertiary/aromatic N) is 4. The van der Waals surface area contributed by atoms with Crippen molar-refractivity contribution in [3.8, 4) is 0 Å². The summed E-state index contributed by atoms with van der Waals surface area (Å²) >= 11 is 17.5. The zero-order valence-electron chi connectivity index (χ0n) is 8.52. The number of ether oxygens (including phenoxy) is 1. The first kappa shape index (κ1) is 13.5. The number of carbonyl (C=O) groups excluding carboxylic acids is 1. The topological polar surface area (TPSA) is 69.9 Å². The Labute approximate surface area is 107 Å². The minimum absolute atomic E-state index is 0.0734. The third-order valence-corrected chi connectivity index (χ3v) is 2.69. The standard InChI is InChI=1S/C7H9Cl3N4O2/c1-14-12-5(11-13-14)4(8)3-7(9,10)6(15)16-2/h4H,3H2,1-2H3/t4-/m0/s1. The summed E-state index contributed by atoms with van der Waals surface area (Å²) in [6.07, 6.45) is -0.0734. The number of halogens is 3. The molecule has 0 fully saturated rings. The Balaban J connectivity index is 2.70. The van der Waals surface area contributed by atoms with Gasteiger partial charge in [0.1, 0.15) is 5.38 Å². The first-order valence-electron chi connectivity index (χ1n) is 4.21. The first-order chi connectivity index (χ1) is 7.36. The molecule has 0 spiro atoms. The molecule has 90 valence electrons. The molecule has 0 radical (unpaired) electrons. The molecule has 0 saturated carbocycles. The second-order valence-electron chi connectivity index (χ2n) is 3.00. The lowest BCUT2D eigenvalue weighted by molar-refractivity contribution is -0.141. The molecule has 9 heteroatoms. The van der Waals surface area contributed by atoms with Gasteiger partial charge in [-0.05, 0) is 5.21 Å². The average molecular weight is 288 g/mol. The highest BCUT2D eigenvalue weighted by atomic mass is 35.5. The summed E-state index contributed by atoms with van der Waals surface area (Å²) in [5, 5.41) is 10.4. The van der Waals surface area contributed by atoms with Gasteiger partial charge in [-0.25, -0.2) is 4.79 Å². The lowest BCUT2D eigenvalue weighted by atomic mass is 10.2. The van der Waals surface area contributed by atoms with Crippen molar-refractivity contribution < 1.29 is 9.53 Å². The minimum atomic E-state index is -1.72. The number of carbonyl (C=O) groups is 1. The summed E-state index contributed by atoms with van der Waals surface area (Å²) in [7, 11) is 2.78. The fourth-order valence-corrected chi connectivity index (χ4v) is 1.91. The van der Waals surface area contributed by atoms with E-state index in [0.29, 0.717) is 0 Å². The van der Waals surface area contributed by atoms with Gasteiger partial charge in [-0.2, -0.15) is 4.80 Å². The molecule has 0 saturated heterocycles. The largest absolute Gasteiger partial charge is 0.467 e. The van der Waals surface area contributed by atoms with E-state index in [9.17, 15) is 4.79 Å². The van der Waals surface area contributed by atoms with Gasteiger partial charge in [0.2, 0.25) is 4.33 Å². The molecule has 0 bridgehead atoms. The number of esters is 1. The van der Waals surface area contributed by atoms with Gasteiger partial charge in [-0.15, -0.1) is 21.8 Å². The molecule has 0 N–H and O–H groups in total. The molecule has 0 aliphatic carbocycles. The van der Waals surface area contributed by atoms with Crippen LogP contribution in [0.25, 0.3) is 0 Å². The van der Waals surface area contributed by atoms with E-state index in [4.69, 9.17) is 34.8 Å². The lowest BCUT2D eigenvalue weighted by Crippen LogP contribution is -2.28. The Bertz CT molecular complexity index is 381. The second kappa shape index (κ2) is 5.16. The quantitative estimate of drug-likeness (QED) is 0.615. The van der Waals surface area contributed by atoms with Crippen molar-refractivity contribution in [1.82, 2.24) is 20.2 Å². The van der Waals surface area contributed by atoms with Gasteiger partial charge in [0, 0.05) is 6.42 Å². The van der Waals surface area contributed by atoms with E-state index in [1.165, 1.54) is 11.9 Å². The third kappa shape index (κ3) is 3.20. The molecule has 16 heavy (non-hydrogen) atoms. The molecule has 1 atom stereocenters. The Hall–Kier alpha value is -0.590. The Morgan fingerprint density at radius 3 is 2.69 bits per heavy atom. The molecule has 0 amide bonds. The Morgan fingerprint density at radius 2 is 2.25 bits per heavy atom. The Kier molecular flexibility index (Phi) is 4.35. The molecular formula is C7H9Cl3N4O2. The molecule has 1 heterocycles. The minimum Gasteiger partial charge on any atom is -0.467 e. The van der Waals surface area contributed by atoms with Crippen molar-refractivity contribution in [1.29, 1.82) is 0 Å². The highest BCUT2D eigenvalue weighted by Gasteiger charge is 2.38. The molecule has 1 aromatic heterocycles. The van der Waals surface area contributed by atoms with Gasteiger partial charge in [0.15, 0.2) is 5.82 Å². The molecule has 0 aliphatic rings. The van der Waals surface area contributed by atoms with E-state index in [1.807, 2.05) is 0 Å². The van der Waals surface area contributed by atoms with E-state index < -0.39 is 15.7 Å². The van der Waals surface area contributed by atoms with E-state index in [1.54, 1.807) is 7.05 Å². The molecule has 1 aromatic rings. The normalized spacial score (nSPS) is 13.6. The number of methoxy groups -OCH3 is 1. The summed E-state index contributed by atoms with van der Waals surface area (Å²) < 4.78 is 2.71. The van der Waals surface area contributed by atoms with Crippen molar-refractivity contribution in [2.75, 3.05) is 7.11 Å². The van der Waals surface area contributed by atoms with Crippen molar-refractivity contribution >= 4 is 40.8 Å². The van der Waals surface area contributed by atoms with Crippen LogP contribution in [0, 0.1) is 0 Å². The predicted molar refractivity (Wildman–Crippen MR) is 58.5 cm³/mol. The smallest absolute Gasteiger partial charge is 0.342 e. The summed E-state index contributed by atoms with van der Waals surface area (Å²) in [6.45, 7) is 0. The molecule has 0 aliphatic heterocycles. The van der Waals surface area contributed by atoms with Gasteiger partial charge in [0.05, 0.1) is 14.2 Å². The van der Waals surface area contributed by atoms with E-state index >= 15 is 0 Å². The number of hydrogen-bond acceptors (Lipinski definition) is 5. The van der Waals surface area contributed by atoms with Crippen molar-refractivity contribution in [2.45, 2.75) is 16.1 Å². The van der Waals surface area contributed by atoms with Gasteiger partial charge >= 0.3 is 5.97 Å². The van der Waals surface area contributed by atoms with E-state index in [0.717, 1.165) is 0 Å². The SMILES string of the molecule is COC(=O)C(Cl)(Cl)C[C@H](Cl)c1nnn(C)n1. The van der Waals surface area contributed by atoms with Crippen LogP contribution in [0.1, 0.15) is 17.6 Å². The van der Waals surface area contributed by atoms with Crippen molar-refractivity contribution in [3.63, 3.8) is 0 Å². The summed E-state index contributed by atoms with van der Waals surface area (Å²) in [5.41, 5.74) is 0. The van der Waals surface area contributed by atoms with E-state index in [2.05, 4.69) is 20.1 Å². The van der Waals surface area contributed by atoms with E-state index in [-0.39, 0.29) is 12.2 Å². The highest BCUT2D eigenvalue weighted by molar-refractivity contribution is 6.57. The number of aromatic nitrogens is 4. The highest BCUT2D eigenvalue weighted by Crippen LogP contribution is 2.35. The molecule has 6 nitrogen and oxygen atoms in total. The number of hydrogen-bond donors (Lipinski definition) is 0. The van der Waals surface area contributed by atoms with Crippen LogP contribution in [-0.4, -0.2) is 37.6 Å². The second-order valence-corrected chi connectivity index (χ2v) is 5.02. The van der Waals surface area contributed by atoms with Crippen LogP contribution < -0.4 is 0 Å².